The van der Waals surface area contributed by atoms with E-state index in [0.717, 1.165) is 50.2 Å². The zero-order chi connectivity index (χ0) is 30.2. The molecule has 214 valence electrons. The normalized spacial score (nSPS) is 11.9. The molecule has 4 heteroatoms. The molecule has 7 aromatic carbocycles. The van der Waals surface area contributed by atoms with Crippen LogP contribution in [0.4, 0.5) is 0 Å². The van der Waals surface area contributed by atoms with Crippen molar-refractivity contribution in [2.75, 3.05) is 0 Å². The summed E-state index contributed by atoms with van der Waals surface area (Å²) in [6.45, 7) is 0. The van der Waals surface area contributed by atoms with Crippen molar-refractivity contribution in [2.45, 2.75) is 0 Å². The van der Waals surface area contributed by atoms with Gasteiger partial charge in [-0.2, -0.15) is 0 Å². The average Bonchev–Trinajstić information content (AvgIpc) is 3.63. The third-order valence-corrected chi connectivity index (χ3v) is 9.30. The summed E-state index contributed by atoms with van der Waals surface area (Å²) in [6.07, 6.45) is 0. The maximum atomic E-state index is 5.35. The van der Waals surface area contributed by atoms with Gasteiger partial charge in [-0.15, -0.1) is 0 Å². The molecule has 0 unspecified atom stereocenters. The minimum absolute atomic E-state index is 0.825. The number of rotatable bonds is 3. The first-order chi connectivity index (χ1) is 22.8. The minimum Gasteiger partial charge on any atom is -0.309 e. The van der Waals surface area contributed by atoms with Crippen LogP contribution in [-0.4, -0.2) is 19.1 Å². The summed E-state index contributed by atoms with van der Waals surface area (Å²) in [4.78, 5) is 10.7. The van der Waals surface area contributed by atoms with Crippen molar-refractivity contribution in [1.82, 2.24) is 19.1 Å². The number of hydrogen-bond donors (Lipinski definition) is 0. The summed E-state index contributed by atoms with van der Waals surface area (Å²) >= 11 is 0. The first kappa shape index (κ1) is 25.1. The molecule has 10 aromatic rings. The van der Waals surface area contributed by atoms with E-state index >= 15 is 0 Å². The summed E-state index contributed by atoms with van der Waals surface area (Å²) in [5.41, 5.74) is 9.41. The Labute approximate surface area is 264 Å². The lowest BCUT2D eigenvalue weighted by Gasteiger charge is -2.15. The van der Waals surface area contributed by atoms with Crippen molar-refractivity contribution in [3.05, 3.63) is 158 Å². The molecule has 3 aromatic heterocycles. The number of aromatic nitrogens is 4. The number of fused-ring (bicyclic) bond motifs is 8. The molecular weight excluding hydrogens is 560 g/mol. The van der Waals surface area contributed by atoms with Crippen LogP contribution in [0.2, 0.25) is 0 Å². The Morgan fingerprint density at radius 2 is 0.891 bits per heavy atom. The van der Waals surface area contributed by atoms with Crippen LogP contribution in [0.1, 0.15) is 0 Å². The lowest BCUT2D eigenvalue weighted by molar-refractivity contribution is 1.08. The second-order valence-corrected chi connectivity index (χ2v) is 11.8. The van der Waals surface area contributed by atoms with Gasteiger partial charge in [-0.05, 0) is 59.3 Å². The second-order valence-electron chi connectivity index (χ2n) is 11.8. The van der Waals surface area contributed by atoms with Gasteiger partial charge in [-0.1, -0.05) is 109 Å². The van der Waals surface area contributed by atoms with Crippen LogP contribution >= 0.6 is 0 Å². The van der Waals surface area contributed by atoms with E-state index in [0.29, 0.717) is 0 Å². The molecule has 0 aliphatic carbocycles. The Bertz CT molecular complexity index is 2760. The number of nitrogens with zero attached hydrogens (tertiary/aromatic N) is 4. The van der Waals surface area contributed by atoms with Crippen molar-refractivity contribution in [1.29, 1.82) is 0 Å². The van der Waals surface area contributed by atoms with Crippen molar-refractivity contribution in [3.8, 4) is 22.8 Å². The monoisotopic (exact) mass is 586 g/mol. The van der Waals surface area contributed by atoms with E-state index in [9.17, 15) is 0 Å². The third kappa shape index (κ3) is 3.55. The van der Waals surface area contributed by atoms with Gasteiger partial charge in [0.05, 0.1) is 33.1 Å². The molecule has 0 saturated heterocycles. The van der Waals surface area contributed by atoms with Gasteiger partial charge in [-0.25, -0.2) is 9.97 Å². The van der Waals surface area contributed by atoms with Gasteiger partial charge in [0.2, 0.25) is 0 Å². The fraction of sp³-hybridized carbons (Fsp3) is 0. The van der Waals surface area contributed by atoms with Crippen molar-refractivity contribution in [3.63, 3.8) is 0 Å². The van der Waals surface area contributed by atoms with Crippen LogP contribution in [0.25, 0.3) is 88.2 Å². The summed E-state index contributed by atoms with van der Waals surface area (Å²) in [7, 11) is 0. The summed E-state index contributed by atoms with van der Waals surface area (Å²) in [5, 5.41) is 7.20. The molecule has 10 rings (SSSR count). The first-order valence-corrected chi connectivity index (χ1v) is 15.6. The fourth-order valence-corrected chi connectivity index (χ4v) is 7.29. The Balaban J connectivity index is 1.30. The van der Waals surface area contributed by atoms with Gasteiger partial charge >= 0.3 is 0 Å². The molecule has 46 heavy (non-hydrogen) atoms. The summed E-state index contributed by atoms with van der Waals surface area (Å²) < 4.78 is 4.68. The molecule has 0 saturated carbocycles. The van der Waals surface area contributed by atoms with E-state index < -0.39 is 0 Å². The van der Waals surface area contributed by atoms with Gasteiger partial charge < -0.3 is 4.57 Å². The lowest BCUT2D eigenvalue weighted by Crippen LogP contribution is -2.04. The molecule has 0 aliphatic heterocycles. The molecule has 0 spiro atoms. The van der Waals surface area contributed by atoms with E-state index in [2.05, 4.69) is 143 Å². The standard InChI is InChI=1S/C42H26N4/c1-2-14-29-27(12-1)13-11-18-33(29)41-42(44-36-20-7-6-19-35(36)43-41)46-39-23-10-5-17-32(39)34-26-28(24-25-40(34)46)45-37-21-8-3-15-30(37)31-16-4-9-22-38(31)45/h1-26H. The van der Waals surface area contributed by atoms with Gasteiger partial charge in [-0.3, -0.25) is 4.57 Å². The van der Waals surface area contributed by atoms with Gasteiger partial charge in [0.1, 0.15) is 5.69 Å². The SMILES string of the molecule is c1ccc2c(-c3nc4ccccc4nc3-n3c4ccccc4c4cc(-n5c6ccccc6c6ccccc65)ccc43)cccc2c1. The van der Waals surface area contributed by atoms with Gasteiger partial charge in [0, 0.05) is 32.8 Å². The van der Waals surface area contributed by atoms with Crippen LogP contribution in [0.5, 0.6) is 0 Å². The molecule has 0 bridgehead atoms. The van der Waals surface area contributed by atoms with E-state index in [1.54, 1.807) is 0 Å². The van der Waals surface area contributed by atoms with Crippen LogP contribution < -0.4 is 0 Å². The Hall–Kier alpha value is -6.26. The molecule has 0 aliphatic rings. The van der Waals surface area contributed by atoms with Gasteiger partial charge in [0.25, 0.3) is 0 Å². The Morgan fingerprint density at radius 1 is 0.370 bits per heavy atom. The number of para-hydroxylation sites is 5. The highest BCUT2D eigenvalue weighted by molar-refractivity contribution is 6.12. The smallest absolute Gasteiger partial charge is 0.165 e. The highest BCUT2D eigenvalue weighted by Crippen LogP contribution is 2.39. The third-order valence-electron chi connectivity index (χ3n) is 9.30. The summed E-state index contributed by atoms with van der Waals surface area (Å²) in [6, 6.07) is 55.9. The molecule has 4 nitrogen and oxygen atoms in total. The first-order valence-electron chi connectivity index (χ1n) is 15.6. The van der Waals surface area contributed by atoms with Crippen LogP contribution in [-0.2, 0) is 0 Å². The molecule has 0 atom stereocenters. The van der Waals surface area contributed by atoms with E-state index in [1.807, 2.05) is 24.3 Å². The molecule has 0 radical (unpaired) electrons. The quantitative estimate of drug-likeness (QED) is 0.206. The number of hydrogen-bond acceptors (Lipinski definition) is 2. The molecule has 0 N–H and O–H groups in total. The summed E-state index contributed by atoms with van der Waals surface area (Å²) in [5.74, 6) is 0.825. The van der Waals surface area contributed by atoms with Crippen LogP contribution in [0.3, 0.4) is 0 Å². The maximum Gasteiger partial charge on any atom is 0.165 e. The zero-order valence-electron chi connectivity index (χ0n) is 24.8. The molecular formula is C42H26N4. The average molecular weight is 587 g/mol. The fourth-order valence-electron chi connectivity index (χ4n) is 7.29. The van der Waals surface area contributed by atoms with Crippen molar-refractivity contribution >= 4 is 65.4 Å². The van der Waals surface area contributed by atoms with Crippen LogP contribution in [0.15, 0.2) is 158 Å². The predicted octanol–water partition coefficient (Wildman–Crippen LogP) is 10.6. The predicted molar refractivity (Wildman–Crippen MR) is 191 cm³/mol. The van der Waals surface area contributed by atoms with E-state index in [4.69, 9.17) is 9.97 Å². The molecule has 0 fully saturated rings. The van der Waals surface area contributed by atoms with Gasteiger partial charge in [0.15, 0.2) is 5.82 Å². The Morgan fingerprint density at radius 3 is 1.61 bits per heavy atom. The molecule has 0 amide bonds. The van der Waals surface area contributed by atoms with E-state index in [-0.39, 0.29) is 0 Å². The largest absolute Gasteiger partial charge is 0.309 e. The maximum absolute atomic E-state index is 5.35. The number of benzene rings is 7. The van der Waals surface area contributed by atoms with Crippen molar-refractivity contribution < 1.29 is 0 Å². The van der Waals surface area contributed by atoms with Crippen LogP contribution in [0, 0.1) is 0 Å². The second kappa shape index (κ2) is 9.62. The van der Waals surface area contributed by atoms with Crippen molar-refractivity contribution in [2.24, 2.45) is 0 Å². The lowest BCUT2D eigenvalue weighted by atomic mass is 10.0. The minimum atomic E-state index is 0.825. The van der Waals surface area contributed by atoms with E-state index in [1.165, 1.54) is 38.0 Å². The highest BCUT2D eigenvalue weighted by atomic mass is 15.1. The topological polar surface area (TPSA) is 35.6 Å². The Kier molecular flexibility index (Phi) is 5.25. The zero-order valence-corrected chi connectivity index (χ0v) is 24.8. The highest BCUT2D eigenvalue weighted by Gasteiger charge is 2.21. The molecule has 3 heterocycles.